The number of likely N-dealkylation sites (N-methyl/N-ethyl adjacent to an activating group) is 1. The summed E-state index contributed by atoms with van der Waals surface area (Å²) >= 11 is 0. The minimum absolute atomic E-state index is 0.0776. The molecule has 7 nitrogen and oxygen atoms in total. The Bertz CT molecular complexity index is 1040. The topological polar surface area (TPSA) is 58.4 Å². The van der Waals surface area contributed by atoms with Gasteiger partial charge in [-0.3, -0.25) is 19.8 Å². The Labute approximate surface area is 209 Å². The summed E-state index contributed by atoms with van der Waals surface area (Å²) in [7, 11) is 2.24. The number of pyridine rings is 1. The van der Waals surface area contributed by atoms with Gasteiger partial charge in [-0.25, -0.2) is 0 Å². The number of fused-ring (bicyclic) bond motifs is 1. The molecule has 0 spiro atoms. The maximum Gasteiger partial charge on any atom is 0.130 e. The van der Waals surface area contributed by atoms with Crippen molar-refractivity contribution < 1.29 is 5.11 Å². The smallest absolute Gasteiger partial charge is 0.130 e. The number of hydrogen-bond acceptors (Lipinski definition) is 7. The second-order valence-electron chi connectivity index (χ2n) is 11.2. The molecule has 188 valence electrons. The highest BCUT2D eigenvalue weighted by Gasteiger charge is 2.54. The van der Waals surface area contributed by atoms with E-state index in [-0.39, 0.29) is 24.7 Å². The third-order valence-corrected chi connectivity index (χ3v) is 9.18. The summed E-state index contributed by atoms with van der Waals surface area (Å²) in [5.74, 6) is 2.21. The van der Waals surface area contributed by atoms with Gasteiger partial charge in [-0.1, -0.05) is 12.1 Å². The molecule has 1 N–H and O–H groups in total. The van der Waals surface area contributed by atoms with Crippen LogP contribution in [0.5, 0.6) is 0 Å². The summed E-state index contributed by atoms with van der Waals surface area (Å²) in [5, 5.41) is 10.8. The van der Waals surface area contributed by atoms with Crippen molar-refractivity contribution in [2.75, 3.05) is 39.8 Å². The zero-order valence-electron chi connectivity index (χ0n) is 21.5. The second kappa shape index (κ2) is 9.02. The molecule has 3 fully saturated rings. The number of nitrogens with zero attached hydrogens (tertiary/aromatic N) is 6. The van der Waals surface area contributed by atoms with Crippen LogP contribution in [0.25, 0.3) is 0 Å². The molecule has 5 aliphatic rings. The average Bonchev–Trinajstić information content (AvgIpc) is 3.67. The first-order valence-corrected chi connectivity index (χ1v) is 13.5. The summed E-state index contributed by atoms with van der Waals surface area (Å²) < 4.78 is 0. The number of aliphatic imine (C=N–C) groups is 1. The monoisotopic (exact) mass is 476 g/mol. The van der Waals surface area contributed by atoms with E-state index in [1.807, 2.05) is 12.3 Å². The number of aliphatic hydroxyl groups is 1. The van der Waals surface area contributed by atoms with Crippen molar-refractivity contribution in [1.82, 2.24) is 24.6 Å². The van der Waals surface area contributed by atoms with Gasteiger partial charge in [0, 0.05) is 44.5 Å². The van der Waals surface area contributed by atoms with Gasteiger partial charge in [-0.05, 0) is 76.8 Å². The number of aryl methyl sites for hydroxylation is 1. The number of rotatable bonds is 5. The molecule has 5 heterocycles. The fraction of sp³-hybridized carbons (Fsp3) is 0.643. The van der Waals surface area contributed by atoms with Gasteiger partial charge in [0.25, 0.3) is 0 Å². The summed E-state index contributed by atoms with van der Waals surface area (Å²) in [5.41, 5.74) is 2.04. The Morgan fingerprint density at radius 1 is 1.11 bits per heavy atom. The average molecular weight is 477 g/mol. The highest BCUT2D eigenvalue weighted by atomic mass is 16.3. The largest absolute Gasteiger partial charge is 0.394 e. The van der Waals surface area contributed by atoms with Gasteiger partial charge in [0.2, 0.25) is 0 Å². The standard InChI is InChI=1S/C28H40N6O/c1-20-7-6-14-29-27(20)22-8-4-9-23(31(22)3)28(2)24(19-35)34-25(30-28)10-5-11-26(34)33-17-15-32(16-18-33)21-12-13-21/h5-7,10-11,14,21-24,35H,4,8-9,12-13,15-19H2,1-3H3/t22-,23+,24?,28?/m0/s1. The molecule has 2 saturated heterocycles. The summed E-state index contributed by atoms with van der Waals surface area (Å²) in [6.45, 7) is 8.86. The van der Waals surface area contributed by atoms with Crippen LogP contribution in [0.4, 0.5) is 0 Å². The lowest BCUT2D eigenvalue weighted by Gasteiger charge is -2.49. The molecule has 1 aliphatic carbocycles. The predicted molar refractivity (Wildman–Crippen MR) is 139 cm³/mol. The van der Waals surface area contributed by atoms with Crippen molar-refractivity contribution in [2.24, 2.45) is 4.99 Å². The van der Waals surface area contributed by atoms with Gasteiger partial charge in [0.05, 0.1) is 29.9 Å². The van der Waals surface area contributed by atoms with Gasteiger partial charge in [0.1, 0.15) is 11.7 Å². The number of piperazine rings is 1. The molecular weight excluding hydrogens is 436 g/mol. The van der Waals surface area contributed by atoms with Crippen molar-refractivity contribution in [3.05, 3.63) is 53.6 Å². The molecule has 4 aliphatic heterocycles. The third kappa shape index (κ3) is 3.92. The quantitative estimate of drug-likeness (QED) is 0.705. The van der Waals surface area contributed by atoms with Gasteiger partial charge >= 0.3 is 0 Å². The van der Waals surface area contributed by atoms with Crippen LogP contribution >= 0.6 is 0 Å². The molecule has 7 heteroatoms. The van der Waals surface area contributed by atoms with E-state index in [1.165, 1.54) is 29.9 Å². The normalized spacial score (nSPS) is 34.1. The van der Waals surface area contributed by atoms with Gasteiger partial charge < -0.3 is 14.9 Å². The maximum absolute atomic E-state index is 10.8. The Kier molecular flexibility index (Phi) is 5.98. The van der Waals surface area contributed by atoms with Crippen LogP contribution in [-0.4, -0.2) is 99.0 Å². The molecule has 4 atom stereocenters. The summed E-state index contributed by atoms with van der Waals surface area (Å²) in [6, 6.07) is 5.45. The number of piperidine rings is 1. The Morgan fingerprint density at radius 3 is 2.63 bits per heavy atom. The first kappa shape index (κ1) is 23.2. The summed E-state index contributed by atoms with van der Waals surface area (Å²) in [4.78, 5) is 20.2. The van der Waals surface area contributed by atoms with E-state index in [0.717, 1.165) is 57.3 Å². The van der Waals surface area contributed by atoms with E-state index in [9.17, 15) is 5.11 Å². The van der Waals surface area contributed by atoms with Gasteiger partial charge in [-0.2, -0.15) is 0 Å². The molecule has 2 unspecified atom stereocenters. The number of allylic oxidation sites excluding steroid dienone is 2. The lowest BCUT2D eigenvalue weighted by atomic mass is 9.78. The SMILES string of the molecule is Cc1cccnc1[C@@H]1CCC[C@H](C2(C)N=C3C=CC=C(N4CCN(C5CC5)CC4)N3C2CO)N1C. The van der Waals surface area contributed by atoms with Gasteiger partial charge in [-0.15, -0.1) is 0 Å². The Hall–Kier alpha value is -2.22. The first-order chi connectivity index (χ1) is 17.0. The lowest BCUT2D eigenvalue weighted by molar-refractivity contribution is 0.0228. The number of hydrogen-bond donors (Lipinski definition) is 1. The fourth-order valence-corrected chi connectivity index (χ4v) is 7.08. The molecule has 0 amide bonds. The van der Waals surface area contributed by atoms with Gasteiger partial charge in [0.15, 0.2) is 0 Å². The maximum atomic E-state index is 10.8. The van der Waals surface area contributed by atoms with Crippen LogP contribution in [0.15, 0.2) is 47.4 Å². The van der Waals surface area contributed by atoms with Crippen LogP contribution in [0.2, 0.25) is 0 Å². The lowest BCUT2D eigenvalue weighted by Crippen LogP contribution is -2.61. The van der Waals surface area contributed by atoms with Crippen molar-refractivity contribution in [1.29, 1.82) is 0 Å². The van der Waals surface area contributed by atoms with Crippen molar-refractivity contribution in [3.63, 3.8) is 0 Å². The summed E-state index contributed by atoms with van der Waals surface area (Å²) in [6.07, 6.45) is 14.5. The number of likely N-dealkylation sites (tertiary alicyclic amines) is 1. The van der Waals surface area contributed by atoms with Crippen molar-refractivity contribution in [3.8, 4) is 0 Å². The van der Waals surface area contributed by atoms with E-state index in [4.69, 9.17) is 9.98 Å². The van der Waals surface area contributed by atoms with Crippen LogP contribution in [0.1, 0.15) is 56.3 Å². The van der Waals surface area contributed by atoms with Crippen LogP contribution in [0, 0.1) is 6.92 Å². The number of aliphatic hydroxyl groups excluding tert-OH is 1. The van der Waals surface area contributed by atoms with E-state index < -0.39 is 5.54 Å². The molecule has 1 aromatic rings. The van der Waals surface area contributed by atoms with Crippen molar-refractivity contribution >= 4 is 5.84 Å². The highest BCUT2D eigenvalue weighted by Crippen LogP contribution is 2.45. The zero-order valence-corrected chi connectivity index (χ0v) is 21.5. The zero-order chi connectivity index (χ0) is 24.2. The molecule has 6 rings (SSSR count). The van der Waals surface area contributed by atoms with E-state index in [1.54, 1.807) is 0 Å². The van der Waals surface area contributed by atoms with Crippen LogP contribution in [0.3, 0.4) is 0 Å². The third-order valence-electron chi connectivity index (χ3n) is 9.18. The first-order valence-electron chi connectivity index (χ1n) is 13.5. The van der Waals surface area contributed by atoms with E-state index >= 15 is 0 Å². The molecule has 1 saturated carbocycles. The molecule has 0 radical (unpaired) electrons. The molecule has 0 bridgehead atoms. The number of amidine groups is 1. The Balaban J connectivity index is 1.26. The minimum Gasteiger partial charge on any atom is -0.394 e. The predicted octanol–water partition coefficient (Wildman–Crippen LogP) is 2.94. The molecular formula is C28H40N6O. The minimum atomic E-state index is -0.399. The molecule has 0 aromatic carbocycles. The van der Waals surface area contributed by atoms with Crippen LogP contribution in [-0.2, 0) is 0 Å². The van der Waals surface area contributed by atoms with Crippen molar-refractivity contribution in [2.45, 2.75) is 75.7 Å². The molecule has 35 heavy (non-hydrogen) atoms. The second-order valence-corrected chi connectivity index (χ2v) is 11.2. The highest BCUT2D eigenvalue weighted by molar-refractivity contribution is 5.98. The fourth-order valence-electron chi connectivity index (χ4n) is 7.08. The Morgan fingerprint density at radius 2 is 1.91 bits per heavy atom. The number of aromatic nitrogens is 1. The van der Waals surface area contributed by atoms with E-state index in [2.05, 4.69) is 64.8 Å². The van der Waals surface area contributed by atoms with E-state index in [0.29, 0.717) is 0 Å². The van der Waals surface area contributed by atoms with Crippen LogP contribution < -0.4 is 0 Å². The molecule has 1 aromatic heterocycles.